The highest BCUT2D eigenvalue weighted by atomic mass is 32.1. The molecule has 1 saturated carbocycles. The summed E-state index contributed by atoms with van der Waals surface area (Å²) in [5.74, 6) is 0.528. The summed E-state index contributed by atoms with van der Waals surface area (Å²) >= 11 is 3.11. The molecule has 114 valence electrons. The third kappa shape index (κ3) is 2.34. The van der Waals surface area contributed by atoms with Crippen LogP contribution in [0.25, 0.3) is 10.2 Å². The lowest BCUT2D eigenvalue weighted by Crippen LogP contribution is -2.29. The van der Waals surface area contributed by atoms with Crippen molar-refractivity contribution in [3.63, 3.8) is 0 Å². The molecular weight excluding hydrogens is 316 g/mol. The number of hydrogen-bond acceptors (Lipinski definition) is 5. The van der Waals surface area contributed by atoms with Gasteiger partial charge in [0.1, 0.15) is 9.84 Å². The number of thiophene rings is 1. The topological polar surface area (TPSA) is 59.8 Å². The number of thiazole rings is 1. The summed E-state index contributed by atoms with van der Waals surface area (Å²) in [7, 11) is 1.91. The molecule has 1 unspecified atom stereocenters. The normalized spacial score (nSPS) is 16.1. The first-order chi connectivity index (χ1) is 10.6. The van der Waals surface area contributed by atoms with Gasteiger partial charge in [0, 0.05) is 24.0 Å². The molecule has 4 rings (SSSR count). The van der Waals surface area contributed by atoms with Gasteiger partial charge in [-0.2, -0.15) is 5.10 Å². The quantitative estimate of drug-likeness (QED) is 0.797. The number of carbonyl (C=O) groups excluding carboxylic acids is 1. The Hall–Kier alpha value is -1.73. The van der Waals surface area contributed by atoms with E-state index >= 15 is 0 Å². The Morgan fingerprint density at radius 2 is 2.32 bits per heavy atom. The molecule has 0 bridgehead atoms. The van der Waals surface area contributed by atoms with E-state index in [-0.39, 0.29) is 11.9 Å². The lowest BCUT2D eigenvalue weighted by Gasteiger charge is -2.15. The van der Waals surface area contributed by atoms with Crippen molar-refractivity contribution in [2.75, 3.05) is 0 Å². The maximum Gasteiger partial charge on any atom is 0.262 e. The monoisotopic (exact) mass is 332 g/mol. The Bertz CT molecular complexity index is 795. The van der Waals surface area contributed by atoms with Gasteiger partial charge in [0.25, 0.3) is 5.91 Å². The van der Waals surface area contributed by atoms with E-state index in [1.165, 1.54) is 24.2 Å². The van der Waals surface area contributed by atoms with Gasteiger partial charge in [0.2, 0.25) is 0 Å². The van der Waals surface area contributed by atoms with E-state index in [1.54, 1.807) is 17.5 Å². The van der Waals surface area contributed by atoms with Crippen molar-refractivity contribution in [3.8, 4) is 0 Å². The fourth-order valence-electron chi connectivity index (χ4n) is 2.73. The number of rotatable bonds is 4. The van der Waals surface area contributed by atoms with Crippen molar-refractivity contribution in [1.82, 2.24) is 20.1 Å². The highest BCUT2D eigenvalue weighted by Gasteiger charge is 2.35. The van der Waals surface area contributed by atoms with Crippen LogP contribution in [-0.2, 0) is 7.05 Å². The second-order valence-electron chi connectivity index (χ2n) is 5.70. The second-order valence-corrected chi connectivity index (χ2v) is 7.65. The van der Waals surface area contributed by atoms with Crippen LogP contribution in [-0.4, -0.2) is 20.7 Å². The van der Waals surface area contributed by atoms with E-state index in [1.807, 2.05) is 30.1 Å². The number of hydrogen-bond donors (Lipinski definition) is 1. The average molecular weight is 332 g/mol. The lowest BCUT2D eigenvalue weighted by molar-refractivity contribution is 0.0936. The Balaban J connectivity index is 1.61. The minimum atomic E-state index is -0.00676. The van der Waals surface area contributed by atoms with Gasteiger partial charge in [-0.3, -0.25) is 9.48 Å². The number of aromatic nitrogens is 3. The largest absolute Gasteiger partial charge is 0.342 e. The molecule has 1 aliphatic carbocycles. The summed E-state index contributed by atoms with van der Waals surface area (Å²) in [6.07, 6.45) is 4.13. The van der Waals surface area contributed by atoms with Gasteiger partial charge < -0.3 is 5.32 Å². The molecule has 0 saturated heterocycles. The van der Waals surface area contributed by atoms with Crippen LogP contribution in [0.5, 0.6) is 0 Å². The highest BCUT2D eigenvalue weighted by Crippen LogP contribution is 2.42. The van der Waals surface area contributed by atoms with E-state index in [4.69, 9.17) is 0 Å². The van der Waals surface area contributed by atoms with Crippen LogP contribution >= 0.6 is 22.7 Å². The van der Waals surface area contributed by atoms with Gasteiger partial charge in [0.15, 0.2) is 0 Å². The first kappa shape index (κ1) is 13.9. The van der Waals surface area contributed by atoms with Gasteiger partial charge in [-0.25, -0.2) is 4.98 Å². The molecule has 0 aliphatic heterocycles. The van der Waals surface area contributed by atoms with Crippen molar-refractivity contribution in [2.24, 2.45) is 13.0 Å². The van der Waals surface area contributed by atoms with Crippen LogP contribution in [0.15, 0.2) is 17.6 Å². The Morgan fingerprint density at radius 1 is 1.50 bits per heavy atom. The third-order valence-electron chi connectivity index (χ3n) is 4.02. The van der Waals surface area contributed by atoms with Crippen LogP contribution in [0, 0.1) is 12.8 Å². The van der Waals surface area contributed by atoms with Crippen molar-refractivity contribution in [2.45, 2.75) is 25.8 Å². The zero-order valence-electron chi connectivity index (χ0n) is 12.4. The second kappa shape index (κ2) is 5.17. The SMILES string of the molecule is Cc1nn(C)c2sc(C(=O)NC(c3nccs3)C3CC3)cc12. The van der Waals surface area contributed by atoms with Crippen LogP contribution in [0.1, 0.15) is 39.3 Å². The predicted octanol–water partition coefficient (Wildman–Crippen LogP) is 3.28. The van der Waals surface area contributed by atoms with Crippen molar-refractivity contribution in [1.29, 1.82) is 0 Å². The maximum absolute atomic E-state index is 12.6. The van der Waals surface area contributed by atoms with E-state index in [0.29, 0.717) is 5.92 Å². The molecule has 1 aliphatic rings. The Labute approximate surface area is 136 Å². The summed E-state index contributed by atoms with van der Waals surface area (Å²) in [5.41, 5.74) is 0.964. The molecular formula is C15H16N4OS2. The van der Waals surface area contributed by atoms with Gasteiger partial charge in [-0.05, 0) is 31.7 Å². The third-order valence-corrected chi connectivity index (χ3v) is 6.08. The molecule has 0 aromatic carbocycles. The predicted molar refractivity (Wildman–Crippen MR) is 88.4 cm³/mol. The van der Waals surface area contributed by atoms with E-state index < -0.39 is 0 Å². The number of aryl methyl sites for hydroxylation is 2. The lowest BCUT2D eigenvalue weighted by atomic mass is 10.2. The molecule has 1 atom stereocenters. The maximum atomic E-state index is 12.6. The van der Waals surface area contributed by atoms with E-state index in [9.17, 15) is 4.79 Å². The minimum absolute atomic E-state index is 0.00676. The van der Waals surface area contributed by atoms with E-state index in [0.717, 1.165) is 25.8 Å². The van der Waals surface area contributed by atoms with E-state index in [2.05, 4.69) is 15.4 Å². The molecule has 3 aromatic rings. The van der Waals surface area contributed by atoms with Crippen molar-refractivity contribution >= 4 is 38.8 Å². The first-order valence-corrected chi connectivity index (χ1v) is 8.96. The van der Waals surface area contributed by atoms with Crippen LogP contribution < -0.4 is 5.32 Å². The van der Waals surface area contributed by atoms with Crippen molar-refractivity contribution in [3.05, 3.63) is 33.2 Å². The average Bonchev–Trinajstić information content (AvgIpc) is 2.94. The van der Waals surface area contributed by atoms with Crippen LogP contribution in [0.3, 0.4) is 0 Å². The molecule has 5 nitrogen and oxygen atoms in total. The smallest absolute Gasteiger partial charge is 0.262 e. The number of amides is 1. The summed E-state index contributed by atoms with van der Waals surface area (Å²) in [6.45, 7) is 1.97. The highest BCUT2D eigenvalue weighted by molar-refractivity contribution is 7.20. The van der Waals surface area contributed by atoms with Gasteiger partial charge in [0.05, 0.1) is 16.6 Å². The summed E-state index contributed by atoms with van der Waals surface area (Å²) in [6, 6.07) is 2.00. The number of fused-ring (bicyclic) bond motifs is 1. The number of carbonyl (C=O) groups is 1. The molecule has 1 amide bonds. The Kier molecular flexibility index (Phi) is 3.27. The van der Waals surface area contributed by atoms with Gasteiger partial charge >= 0.3 is 0 Å². The standard InChI is InChI=1S/C15H16N4OS2/c1-8-10-7-11(22-15(10)19(2)18-8)13(20)17-12(9-3-4-9)14-16-5-6-21-14/h5-7,9,12H,3-4H2,1-2H3,(H,17,20). The summed E-state index contributed by atoms with van der Waals surface area (Å²) in [5, 5.41) is 11.6. The zero-order valence-corrected chi connectivity index (χ0v) is 14.0. The molecule has 3 aromatic heterocycles. The summed E-state index contributed by atoms with van der Waals surface area (Å²) < 4.78 is 1.84. The molecule has 1 N–H and O–H groups in total. The Morgan fingerprint density at radius 3 is 2.95 bits per heavy atom. The fraction of sp³-hybridized carbons (Fsp3) is 0.400. The van der Waals surface area contributed by atoms with Gasteiger partial charge in [-0.15, -0.1) is 22.7 Å². The van der Waals surface area contributed by atoms with Crippen molar-refractivity contribution < 1.29 is 4.79 Å². The zero-order chi connectivity index (χ0) is 15.3. The molecule has 7 heteroatoms. The molecule has 22 heavy (non-hydrogen) atoms. The van der Waals surface area contributed by atoms with Crippen LogP contribution in [0.4, 0.5) is 0 Å². The first-order valence-electron chi connectivity index (χ1n) is 7.27. The summed E-state index contributed by atoms with van der Waals surface area (Å²) in [4.78, 5) is 18.8. The van der Waals surface area contributed by atoms with Gasteiger partial charge in [-0.1, -0.05) is 0 Å². The molecule has 1 fully saturated rings. The minimum Gasteiger partial charge on any atom is -0.342 e. The number of nitrogens with one attached hydrogen (secondary N) is 1. The van der Waals surface area contributed by atoms with Crippen LogP contribution in [0.2, 0.25) is 0 Å². The number of nitrogens with zero attached hydrogens (tertiary/aromatic N) is 3. The molecule has 3 heterocycles. The fourth-order valence-corrected chi connectivity index (χ4v) is 4.54. The molecule has 0 spiro atoms. The molecule has 0 radical (unpaired) electrons.